The number of hydrogen-bond donors (Lipinski definition) is 2. The second-order valence-corrected chi connectivity index (χ2v) is 7.77. The highest BCUT2D eigenvalue weighted by atomic mass is 16.3. The highest BCUT2D eigenvalue weighted by molar-refractivity contribution is 4.87. The van der Waals surface area contributed by atoms with Gasteiger partial charge in [0.1, 0.15) is 0 Å². The molecule has 3 heteroatoms. The molecule has 3 nitrogen and oxygen atoms in total. The van der Waals surface area contributed by atoms with Gasteiger partial charge in [-0.2, -0.15) is 0 Å². The Labute approximate surface area is 131 Å². The van der Waals surface area contributed by atoms with Gasteiger partial charge in [0, 0.05) is 19.1 Å². The molecule has 0 bridgehead atoms. The molecule has 1 heterocycles. The van der Waals surface area contributed by atoms with Gasteiger partial charge in [-0.25, -0.2) is 0 Å². The molecule has 1 saturated heterocycles. The van der Waals surface area contributed by atoms with Crippen molar-refractivity contribution < 1.29 is 5.11 Å². The summed E-state index contributed by atoms with van der Waals surface area (Å²) in [6.45, 7) is 7.78. The maximum Gasteiger partial charge on any atom is 0.0632 e. The smallest absolute Gasteiger partial charge is 0.0632 e. The van der Waals surface area contributed by atoms with Crippen LogP contribution in [-0.4, -0.2) is 48.3 Å². The fraction of sp³-hybridized carbons (Fsp3) is 1.00. The average Bonchev–Trinajstić information content (AvgIpc) is 2.61. The molecule has 124 valence electrons. The van der Waals surface area contributed by atoms with Crippen LogP contribution < -0.4 is 5.32 Å². The summed E-state index contributed by atoms with van der Waals surface area (Å²) >= 11 is 0. The molecule has 1 aliphatic heterocycles. The highest BCUT2D eigenvalue weighted by Gasteiger charge is 2.32. The Morgan fingerprint density at radius 3 is 2.76 bits per heavy atom. The number of hydrogen-bond acceptors (Lipinski definition) is 3. The van der Waals surface area contributed by atoms with Crippen LogP contribution in [0.3, 0.4) is 0 Å². The third-order valence-corrected chi connectivity index (χ3v) is 5.81. The second-order valence-electron chi connectivity index (χ2n) is 7.77. The first kappa shape index (κ1) is 17.2. The zero-order chi connectivity index (χ0) is 15.3. The SMILES string of the molecule is CCCC1CCC(NC)C(CN2CCCC(C)(O)CC2)C1. The molecule has 0 aromatic rings. The van der Waals surface area contributed by atoms with Crippen molar-refractivity contribution in [3.8, 4) is 0 Å². The van der Waals surface area contributed by atoms with Gasteiger partial charge in [0.2, 0.25) is 0 Å². The lowest BCUT2D eigenvalue weighted by atomic mass is 9.76. The van der Waals surface area contributed by atoms with Gasteiger partial charge in [-0.3, -0.25) is 0 Å². The third-order valence-electron chi connectivity index (χ3n) is 5.81. The maximum atomic E-state index is 10.2. The summed E-state index contributed by atoms with van der Waals surface area (Å²) in [7, 11) is 2.13. The van der Waals surface area contributed by atoms with Crippen LogP contribution in [0, 0.1) is 11.8 Å². The van der Waals surface area contributed by atoms with E-state index in [2.05, 4.69) is 24.2 Å². The summed E-state index contributed by atoms with van der Waals surface area (Å²) in [5.41, 5.74) is -0.436. The van der Waals surface area contributed by atoms with E-state index in [0.717, 1.165) is 37.6 Å². The van der Waals surface area contributed by atoms with Gasteiger partial charge in [0.15, 0.2) is 0 Å². The van der Waals surface area contributed by atoms with Gasteiger partial charge in [0.05, 0.1) is 5.60 Å². The van der Waals surface area contributed by atoms with Gasteiger partial charge in [0.25, 0.3) is 0 Å². The molecule has 1 saturated carbocycles. The maximum absolute atomic E-state index is 10.2. The topological polar surface area (TPSA) is 35.5 Å². The molecule has 21 heavy (non-hydrogen) atoms. The normalized spacial score (nSPS) is 39.1. The number of nitrogens with zero attached hydrogens (tertiary/aromatic N) is 1. The van der Waals surface area contributed by atoms with Gasteiger partial charge < -0.3 is 15.3 Å². The molecular weight excluding hydrogens is 260 g/mol. The van der Waals surface area contributed by atoms with Crippen LogP contribution in [0.15, 0.2) is 0 Å². The van der Waals surface area contributed by atoms with E-state index in [-0.39, 0.29) is 0 Å². The van der Waals surface area contributed by atoms with E-state index in [1.54, 1.807) is 0 Å². The lowest BCUT2D eigenvalue weighted by Crippen LogP contribution is -2.45. The number of aliphatic hydroxyl groups is 1. The Morgan fingerprint density at radius 1 is 1.24 bits per heavy atom. The Kier molecular flexibility index (Phi) is 6.51. The monoisotopic (exact) mass is 296 g/mol. The minimum absolute atomic E-state index is 0.436. The molecule has 0 radical (unpaired) electrons. The molecule has 1 aliphatic carbocycles. The second kappa shape index (κ2) is 7.94. The van der Waals surface area contributed by atoms with Crippen LogP contribution in [-0.2, 0) is 0 Å². The van der Waals surface area contributed by atoms with Crippen molar-refractivity contribution in [3.63, 3.8) is 0 Å². The largest absolute Gasteiger partial charge is 0.390 e. The van der Waals surface area contributed by atoms with Crippen molar-refractivity contribution in [2.24, 2.45) is 11.8 Å². The van der Waals surface area contributed by atoms with Crippen molar-refractivity contribution in [1.29, 1.82) is 0 Å². The Hall–Kier alpha value is -0.120. The van der Waals surface area contributed by atoms with Crippen LogP contribution in [0.25, 0.3) is 0 Å². The zero-order valence-corrected chi connectivity index (χ0v) is 14.4. The van der Waals surface area contributed by atoms with E-state index in [4.69, 9.17) is 0 Å². The summed E-state index contributed by atoms with van der Waals surface area (Å²) in [6, 6.07) is 0.696. The zero-order valence-electron chi connectivity index (χ0n) is 14.4. The van der Waals surface area contributed by atoms with Crippen LogP contribution in [0.1, 0.15) is 65.2 Å². The summed E-state index contributed by atoms with van der Waals surface area (Å²) in [5.74, 6) is 1.74. The van der Waals surface area contributed by atoms with E-state index < -0.39 is 5.60 Å². The van der Waals surface area contributed by atoms with Gasteiger partial charge in [-0.15, -0.1) is 0 Å². The minimum Gasteiger partial charge on any atom is -0.390 e. The van der Waals surface area contributed by atoms with Crippen molar-refractivity contribution in [2.45, 2.75) is 76.9 Å². The molecule has 0 spiro atoms. The first-order chi connectivity index (χ1) is 10.0. The molecule has 2 rings (SSSR count). The van der Waals surface area contributed by atoms with Gasteiger partial charge in [-0.1, -0.05) is 19.8 Å². The molecule has 2 N–H and O–H groups in total. The fourth-order valence-electron chi connectivity index (χ4n) is 4.45. The first-order valence-corrected chi connectivity index (χ1v) is 9.16. The predicted octanol–water partition coefficient (Wildman–Crippen LogP) is 3.03. The Balaban J connectivity index is 1.88. The van der Waals surface area contributed by atoms with E-state index in [9.17, 15) is 5.11 Å². The number of nitrogens with one attached hydrogen (secondary N) is 1. The fourth-order valence-corrected chi connectivity index (χ4v) is 4.45. The standard InChI is InChI=1S/C18H36N2O/c1-4-6-15-7-8-17(19-3)16(13-15)14-20-11-5-9-18(2,21)10-12-20/h15-17,19,21H,4-14H2,1-3H3. The molecule has 0 amide bonds. The lowest BCUT2D eigenvalue weighted by Gasteiger charge is -2.39. The number of likely N-dealkylation sites (tertiary alicyclic amines) is 1. The molecule has 0 aromatic heterocycles. The van der Waals surface area contributed by atoms with E-state index in [1.165, 1.54) is 45.2 Å². The Bertz CT molecular complexity index is 306. The summed E-state index contributed by atoms with van der Waals surface area (Å²) in [5, 5.41) is 13.8. The van der Waals surface area contributed by atoms with E-state index in [0.29, 0.717) is 6.04 Å². The van der Waals surface area contributed by atoms with E-state index in [1.807, 2.05) is 6.92 Å². The van der Waals surface area contributed by atoms with Crippen molar-refractivity contribution in [3.05, 3.63) is 0 Å². The number of rotatable bonds is 5. The van der Waals surface area contributed by atoms with Crippen LogP contribution >= 0.6 is 0 Å². The van der Waals surface area contributed by atoms with Crippen molar-refractivity contribution in [1.82, 2.24) is 10.2 Å². The molecule has 2 fully saturated rings. The molecule has 2 aliphatic rings. The summed E-state index contributed by atoms with van der Waals surface area (Å²) in [6.07, 6.45) is 9.91. The van der Waals surface area contributed by atoms with Crippen LogP contribution in [0.2, 0.25) is 0 Å². The molecular formula is C18H36N2O. The average molecular weight is 296 g/mol. The molecule has 0 aromatic carbocycles. The van der Waals surface area contributed by atoms with Gasteiger partial charge >= 0.3 is 0 Å². The van der Waals surface area contributed by atoms with E-state index >= 15 is 0 Å². The summed E-state index contributed by atoms with van der Waals surface area (Å²) < 4.78 is 0. The van der Waals surface area contributed by atoms with Crippen LogP contribution in [0.4, 0.5) is 0 Å². The Morgan fingerprint density at radius 2 is 2.05 bits per heavy atom. The van der Waals surface area contributed by atoms with Crippen LogP contribution in [0.5, 0.6) is 0 Å². The molecule has 4 unspecified atom stereocenters. The van der Waals surface area contributed by atoms with Crippen molar-refractivity contribution in [2.75, 3.05) is 26.7 Å². The van der Waals surface area contributed by atoms with Gasteiger partial charge in [-0.05, 0) is 70.9 Å². The lowest BCUT2D eigenvalue weighted by molar-refractivity contribution is 0.0432. The highest BCUT2D eigenvalue weighted by Crippen LogP contribution is 2.33. The summed E-state index contributed by atoms with van der Waals surface area (Å²) in [4.78, 5) is 2.62. The predicted molar refractivity (Wildman–Crippen MR) is 89.5 cm³/mol. The molecule has 4 atom stereocenters. The third kappa shape index (κ3) is 5.22. The first-order valence-electron chi connectivity index (χ1n) is 9.16. The van der Waals surface area contributed by atoms with Crippen molar-refractivity contribution >= 4 is 0 Å². The minimum atomic E-state index is -0.436. The quantitative estimate of drug-likeness (QED) is 0.818.